The van der Waals surface area contributed by atoms with Crippen LogP contribution in [0.5, 0.6) is 5.75 Å². The zero-order valence-electron chi connectivity index (χ0n) is 20.2. The van der Waals surface area contributed by atoms with E-state index < -0.39 is 23.4 Å². The molecular weight excluding hydrogens is 464 g/mol. The normalized spacial score (nSPS) is 10.9. The Morgan fingerprint density at radius 1 is 1.14 bits per heavy atom. The summed E-state index contributed by atoms with van der Waals surface area (Å²) < 4.78 is 12.1. The first-order chi connectivity index (χ1) is 17.1. The summed E-state index contributed by atoms with van der Waals surface area (Å²) in [6.45, 7) is 4.72. The molecule has 1 aromatic heterocycles. The van der Waals surface area contributed by atoms with E-state index in [1.807, 2.05) is 48.7 Å². The van der Waals surface area contributed by atoms with Crippen LogP contribution in [0.3, 0.4) is 0 Å². The molecule has 0 fully saturated rings. The minimum absolute atomic E-state index is 0.0198. The number of amides is 1. The van der Waals surface area contributed by atoms with Gasteiger partial charge in [0.1, 0.15) is 23.1 Å². The number of nitro benzene ring substituents is 1. The summed E-state index contributed by atoms with van der Waals surface area (Å²) in [4.78, 5) is 35.3. The van der Waals surface area contributed by atoms with Crippen molar-refractivity contribution in [3.8, 4) is 17.5 Å². The van der Waals surface area contributed by atoms with Gasteiger partial charge in [-0.15, -0.1) is 0 Å². The van der Waals surface area contributed by atoms with Crippen LogP contribution in [0.4, 0.5) is 11.4 Å². The number of aromatic nitrogens is 1. The Bertz CT molecular complexity index is 1400. The van der Waals surface area contributed by atoms with Crippen molar-refractivity contribution in [2.75, 3.05) is 19.0 Å². The first kappa shape index (κ1) is 25.7. The number of nitriles is 1. The Balaban J connectivity index is 1.73. The lowest BCUT2D eigenvalue weighted by Crippen LogP contribution is -2.22. The van der Waals surface area contributed by atoms with Crippen LogP contribution in [0.15, 0.2) is 54.1 Å². The summed E-state index contributed by atoms with van der Waals surface area (Å²) in [5, 5.41) is 23.1. The molecule has 1 heterocycles. The minimum Gasteiger partial charge on any atom is -0.497 e. The Morgan fingerprint density at radius 2 is 1.83 bits per heavy atom. The second-order valence-electron chi connectivity index (χ2n) is 7.93. The molecule has 0 radical (unpaired) electrons. The van der Waals surface area contributed by atoms with Crippen molar-refractivity contribution < 1.29 is 24.0 Å². The highest BCUT2D eigenvalue weighted by Gasteiger charge is 2.19. The number of hydrogen-bond donors (Lipinski definition) is 1. The number of carbonyl (C=O) groups is 2. The molecule has 10 nitrogen and oxygen atoms in total. The van der Waals surface area contributed by atoms with Gasteiger partial charge < -0.3 is 19.4 Å². The molecule has 2 aromatic carbocycles. The van der Waals surface area contributed by atoms with E-state index in [2.05, 4.69) is 5.32 Å². The third kappa shape index (κ3) is 5.77. The highest BCUT2D eigenvalue weighted by molar-refractivity contribution is 6.00. The van der Waals surface area contributed by atoms with E-state index in [0.29, 0.717) is 11.1 Å². The Hall–Kier alpha value is -4.91. The monoisotopic (exact) mass is 488 g/mol. The van der Waals surface area contributed by atoms with Crippen molar-refractivity contribution in [1.82, 2.24) is 4.57 Å². The van der Waals surface area contributed by atoms with Crippen molar-refractivity contribution in [2.45, 2.75) is 20.8 Å². The molecule has 184 valence electrons. The van der Waals surface area contributed by atoms with Gasteiger partial charge >= 0.3 is 5.97 Å². The minimum atomic E-state index is -0.986. The van der Waals surface area contributed by atoms with E-state index in [9.17, 15) is 25.0 Å². The molecule has 3 aromatic rings. The summed E-state index contributed by atoms with van der Waals surface area (Å²) in [5.74, 6) is -1.04. The molecule has 10 heteroatoms. The number of ether oxygens (including phenoxy) is 2. The van der Waals surface area contributed by atoms with Crippen molar-refractivity contribution in [3.05, 3.63) is 86.7 Å². The van der Waals surface area contributed by atoms with Crippen LogP contribution >= 0.6 is 0 Å². The number of rotatable bonds is 8. The molecule has 0 unspecified atom stereocenters. The standard InChI is InChI=1S/C26H24N4O6/c1-16-5-10-23(24(11-16)30(33)34)28-25(31)15-36-26(32)20(14-27)13-19-12-17(2)29(18(19)3)21-6-8-22(35-4)9-7-21/h5-13H,15H2,1-4H3,(H,28,31)/b20-13+. The fourth-order valence-corrected chi connectivity index (χ4v) is 3.65. The number of methoxy groups -OCH3 is 1. The first-order valence-electron chi connectivity index (χ1n) is 10.8. The number of carbonyl (C=O) groups excluding carboxylic acids is 2. The molecule has 0 atom stereocenters. The van der Waals surface area contributed by atoms with Crippen molar-refractivity contribution >= 4 is 29.3 Å². The van der Waals surface area contributed by atoms with Crippen LogP contribution in [0.2, 0.25) is 0 Å². The van der Waals surface area contributed by atoms with Gasteiger partial charge in [0.05, 0.1) is 12.0 Å². The van der Waals surface area contributed by atoms with Crippen molar-refractivity contribution in [2.24, 2.45) is 0 Å². The summed E-state index contributed by atoms with van der Waals surface area (Å²) in [6.07, 6.45) is 1.40. The molecule has 0 saturated heterocycles. The predicted octanol–water partition coefficient (Wildman–Crippen LogP) is 4.41. The fraction of sp³-hybridized carbons (Fsp3) is 0.192. The molecular formula is C26H24N4O6. The quantitative estimate of drug-likeness (QED) is 0.163. The second-order valence-corrected chi connectivity index (χ2v) is 7.93. The number of hydrogen-bond acceptors (Lipinski definition) is 7. The van der Waals surface area contributed by atoms with Crippen molar-refractivity contribution in [1.29, 1.82) is 5.26 Å². The Morgan fingerprint density at radius 3 is 2.44 bits per heavy atom. The maximum Gasteiger partial charge on any atom is 0.349 e. The van der Waals surface area contributed by atoms with Gasteiger partial charge in [-0.25, -0.2) is 4.79 Å². The maximum absolute atomic E-state index is 12.5. The van der Waals surface area contributed by atoms with Gasteiger partial charge in [0, 0.05) is 23.1 Å². The number of anilines is 1. The van der Waals surface area contributed by atoms with E-state index in [1.165, 1.54) is 18.2 Å². The molecule has 0 spiro atoms. The molecule has 0 aliphatic rings. The number of aryl methyl sites for hydroxylation is 2. The molecule has 1 amide bonds. The van der Waals surface area contributed by atoms with Gasteiger partial charge in [-0.1, -0.05) is 6.07 Å². The van der Waals surface area contributed by atoms with Crippen LogP contribution < -0.4 is 10.1 Å². The van der Waals surface area contributed by atoms with Gasteiger partial charge in [0.2, 0.25) is 0 Å². The third-order valence-electron chi connectivity index (χ3n) is 5.40. The summed E-state index contributed by atoms with van der Waals surface area (Å²) in [6, 6.07) is 15.4. The van der Waals surface area contributed by atoms with Crippen LogP contribution in [-0.2, 0) is 14.3 Å². The lowest BCUT2D eigenvalue weighted by Gasteiger charge is -2.10. The zero-order valence-corrected chi connectivity index (χ0v) is 20.2. The van der Waals surface area contributed by atoms with Crippen LogP contribution in [0.25, 0.3) is 11.8 Å². The Kier molecular flexibility index (Phi) is 7.86. The number of benzene rings is 2. The van der Waals surface area contributed by atoms with E-state index in [4.69, 9.17) is 9.47 Å². The lowest BCUT2D eigenvalue weighted by molar-refractivity contribution is -0.384. The maximum atomic E-state index is 12.5. The SMILES string of the molecule is COc1ccc(-n2c(C)cc(/C=C(\C#N)C(=O)OCC(=O)Nc3ccc(C)cc3[N+](=O)[O-])c2C)cc1. The Labute approximate surface area is 207 Å². The first-order valence-corrected chi connectivity index (χ1v) is 10.8. The molecule has 0 aliphatic carbocycles. The lowest BCUT2D eigenvalue weighted by atomic mass is 10.1. The number of nitrogens with one attached hydrogen (secondary N) is 1. The highest BCUT2D eigenvalue weighted by atomic mass is 16.6. The van der Waals surface area contributed by atoms with E-state index in [0.717, 1.165) is 22.8 Å². The molecule has 0 aliphatic heterocycles. The largest absolute Gasteiger partial charge is 0.497 e. The fourth-order valence-electron chi connectivity index (χ4n) is 3.65. The zero-order chi connectivity index (χ0) is 26.4. The van der Waals surface area contributed by atoms with Gasteiger partial charge in [-0.05, 0) is 74.4 Å². The van der Waals surface area contributed by atoms with Gasteiger partial charge in [0.15, 0.2) is 6.61 Å². The van der Waals surface area contributed by atoms with E-state index >= 15 is 0 Å². The van der Waals surface area contributed by atoms with E-state index in [-0.39, 0.29) is 16.9 Å². The second kappa shape index (κ2) is 11.0. The van der Waals surface area contributed by atoms with Crippen LogP contribution in [0, 0.1) is 42.2 Å². The molecule has 0 bridgehead atoms. The smallest absolute Gasteiger partial charge is 0.349 e. The van der Waals surface area contributed by atoms with Gasteiger partial charge in [0.25, 0.3) is 11.6 Å². The van der Waals surface area contributed by atoms with Gasteiger partial charge in [-0.3, -0.25) is 14.9 Å². The van der Waals surface area contributed by atoms with Crippen molar-refractivity contribution in [3.63, 3.8) is 0 Å². The topological polar surface area (TPSA) is 136 Å². The number of esters is 1. The number of nitrogens with zero attached hydrogens (tertiary/aromatic N) is 3. The number of nitro groups is 1. The van der Waals surface area contributed by atoms with E-state index in [1.54, 1.807) is 26.2 Å². The highest BCUT2D eigenvalue weighted by Crippen LogP contribution is 2.26. The average molecular weight is 489 g/mol. The summed E-state index contributed by atoms with van der Waals surface area (Å²) in [7, 11) is 1.59. The molecule has 36 heavy (non-hydrogen) atoms. The molecule has 0 saturated carbocycles. The third-order valence-corrected chi connectivity index (χ3v) is 5.40. The predicted molar refractivity (Wildman–Crippen MR) is 133 cm³/mol. The summed E-state index contributed by atoms with van der Waals surface area (Å²) >= 11 is 0. The molecule has 1 N–H and O–H groups in total. The van der Waals surface area contributed by atoms with Gasteiger partial charge in [-0.2, -0.15) is 5.26 Å². The van der Waals surface area contributed by atoms with Crippen LogP contribution in [-0.4, -0.2) is 35.1 Å². The molecule has 3 rings (SSSR count). The van der Waals surface area contributed by atoms with Crippen LogP contribution in [0.1, 0.15) is 22.5 Å². The average Bonchev–Trinajstić information content (AvgIpc) is 3.14. The summed E-state index contributed by atoms with van der Waals surface area (Å²) in [5.41, 5.74) is 3.26.